The molecule has 7 heteroatoms. The van der Waals surface area contributed by atoms with Crippen molar-refractivity contribution in [2.45, 2.75) is 19.4 Å². The third kappa shape index (κ3) is 2.96. The Morgan fingerprint density at radius 2 is 2.56 bits per heavy atom. The maximum absolute atomic E-state index is 12.1. The number of hydrogen-bond acceptors (Lipinski definition) is 5. The highest BCUT2D eigenvalue weighted by Gasteiger charge is 2.24. The second kappa shape index (κ2) is 5.61. The molecule has 0 spiro atoms. The lowest BCUT2D eigenvalue weighted by Gasteiger charge is -2.29. The van der Waals surface area contributed by atoms with Gasteiger partial charge in [-0.15, -0.1) is 11.3 Å². The number of aromatic amines is 1. The molecule has 1 fully saturated rings. The minimum atomic E-state index is -0.506. The third-order valence-electron chi connectivity index (χ3n) is 2.80. The molecular weight excluding hydrogens is 270 g/mol. The third-order valence-corrected chi connectivity index (χ3v) is 4.14. The van der Waals surface area contributed by atoms with Crippen molar-refractivity contribution >= 4 is 29.5 Å². The van der Waals surface area contributed by atoms with E-state index in [-0.39, 0.29) is 5.91 Å². The number of nitrogens with one attached hydrogen (secondary N) is 1. The van der Waals surface area contributed by atoms with E-state index in [4.69, 9.17) is 22.2 Å². The van der Waals surface area contributed by atoms with Gasteiger partial charge in [0.25, 0.3) is 0 Å². The van der Waals surface area contributed by atoms with Crippen LogP contribution in [-0.2, 0) is 16.0 Å². The van der Waals surface area contributed by atoms with E-state index in [0.717, 1.165) is 10.6 Å². The molecule has 96 valence electrons. The summed E-state index contributed by atoms with van der Waals surface area (Å²) >= 11 is 6.47. The number of thiazole rings is 1. The van der Waals surface area contributed by atoms with Gasteiger partial charge in [0.2, 0.25) is 5.91 Å². The summed E-state index contributed by atoms with van der Waals surface area (Å²) in [5.41, 5.74) is 0.948. The molecule has 1 amide bonds. The minimum absolute atomic E-state index is 0.0203. The van der Waals surface area contributed by atoms with Gasteiger partial charge in [0.05, 0.1) is 25.6 Å². The van der Waals surface area contributed by atoms with Gasteiger partial charge in [-0.3, -0.25) is 4.79 Å². The number of morpholine rings is 1. The van der Waals surface area contributed by atoms with Crippen LogP contribution in [0.3, 0.4) is 0 Å². The minimum Gasteiger partial charge on any atom is -0.360 e. The lowest BCUT2D eigenvalue weighted by molar-refractivity contribution is -0.136. The predicted molar refractivity (Wildman–Crippen MR) is 69.9 cm³/mol. The maximum atomic E-state index is 12.1. The zero-order chi connectivity index (χ0) is 13.1. The van der Waals surface area contributed by atoms with Crippen LogP contribution in [0.2, 0.25) is 0 Å². The number of ether oxygens (including phenoxy) is 1. The fourth-order valence-electron chi connectivity index (χ4n) is 1.81. The van der Waals surface area contributed by atoms with Gasteiger partial charge in [0.15, 0.2) is 10.1 Å². The van der Waals surface area contributed by atoms with Crippen LogP contribution in [-0.4, -0.2) is 41.6 Å². The molecule has 1 aliphatic heterocycles. The summed E-state index contributed by atoms with van der Waals surface area (Å²) in [5.74, 6) is 0.0203. The Labute approximate surface area is 114 Å². The summed E-state index contributed by atoms with van der Waals surface area (Å²) in [7, 11) is 0. The van der Waals surface area contributed by atoms with Gasteiger partial charge >= 0.3 is 0 Å². The van der Waals surface area contributed by atoms with Gasteiger partial charge in [-0.05, 0) is 19.1 Å². The molecular formula is C11H13N3O2S2. The van der Waals surface area contributed by atoms with Crippen molar-refractivity contribution in [1.29, 1.82) is 5.26 Å². The van der Waals surface area contributed by atoms with Gasteiger partial charge in [-0.1, -0.05) is 0 Å². The van der Waals surface area contributed by atoms with E-state index in [1.165, 1.54) is 11.3 Å². The normalized spacial score (nSPS) is 19.6. The van der Waals surface area contributed by atoms with E-state index in [1.807, 2.05) is 13.0 Å². The molecule has 0 saturated carbocycles. The van der Waals surface area contributed by atoms with Crippen molar-refractivity contribution in [3.05, 3.63) is 14.5 Å². The van der Waals surface area contributed by atoms with Crippen LogP contribution in [0.5, 0.6) is 0 Å². The summed E-state index contributed by atoms with van der Waals surface area (Å²) < 4.78 is 5.90. The molecule has 1 atom stereocenters. The number of amides is 1. The monoisotopic (exact) mass is 283 g/mol. The van der Waals surface area contributed by atoms with Gasteiger partial charge < -0.3 is 14.6 Å². The Balaban J connectivity index is 2.02. The molecule has 1 N–H and O–H groups in total. The standard InChI is InChI=1S/C11H13N3O2S2/c1-7-9(18-11(17)13-7)4-10(15)14-2-3-16-8(5-12)6-14/h8H,2-4,6H2,1H3,(H,13,17). The molecule has 2 rings (SSSR count). The average molecular weight is 283 g/mol. The molecule has 1 unspecified atom stereocenters. The van der Waals surface area contributed by atoms with Gasteiger partial charge in [0, 0.05) is 17.1 Å². The Hall–Kier alpha value is -1.23. The predicted octanol–water partition coefficient (Wildman–Crippen LogP) is 1.41. The molecule has 0 aromatic carbocycles. The van der Waals surface area contributed by atoms with E-state index in [1.54, 1.807) is 4.90 Å². The van der Waals surface area contributed by atoms with E-state index in [0.29, 0.717) is 30.1 Å². The first-order valence-corrected chi connectivity index (χ1v) is 6.80. The summed E-state index contributed by atoms with van der Waals surface area (Å²) in [4.78, 5) is 17.8. The number of nitrogens with zero attached hydrogens (tertiary/aromatic N) is 2. The van der Waals surface area contributed by atoms with E-state index < -0.39 is 6.10 Å². The van der Waals surface area contributed by atoms with Crippen LogP contribution in [0.4, 0.5) is 0 Å². The lowest BCUT2D eigenvalue weighted by atomic mass is 10.2. The van der Waals surface area contributed by atoms with Crippen molar-refractivity contribution in [2.75, 3.05) is 19.7 Å². The first-order valence-electron chi connectivity index (χ1n) is 5.57. The molecule has 1 aromatic heterocycles. The van der Waals surface area contributed by atoms with Gasteiger partial charge in [-0.25, -0.2) is 0 Å². The van der Waals surface area contributed by atoms with Gasteiger partial charge in [-0.2, -0.15) is 5.26 Å². The number of H-pyrrole nitrogens is 1. The zero-order valence-corrected chi connectivity index (χ0v) is 11.6. The Morgan fingerprint density at radius 3 is 3.17 bits per heavy atom. The zero-order valence-electron chi connectivity index (χ0n) is 9.93. The van der Waals surface area contributed by atoms with E-state index in [9.17, 15) is 4.79 Å². The maximum Gasteiger partial charge on any atom is 0.228 e. The highest BCUT2D eigenvalue weighted by molar-refractivity contribution is 7.73. The van der Waals surface area contributed by atoms with Crippen LogP contribution in [0.15, 0.2) is 0 Å². The number of rotatable bonds is 2. The fourth-order valence-corrected chi connectivity index (χ4v) is 3.09. The molecule has 5 nitrogen and oxygen atoms in total. The average Bonchev–Trinajstić information content (AvgIpc) is 2.68. The topological polar surface area (TPSA) is 69.1 Å². The van der Waals surface area contributed by atoms with E-state index in [2.05, 4.69) is 4.98 Å². The smallest absolute Gasteiger partial charge is 0.228 e. The SMILES string of the molecule is Cc1[nH]c(=S)sc1CC(=O)N1CCOC(C#N)C1. The number of carbonyl (C=O) groups is 1. The molecule has 18 heavy (non-hydrogen) atoms. The fraction of sp³-hybridized carbons (Fsp3) is 0.545. The molecule has 0 aliphatic carbocycles. The number of aryl methyl sites for hydroxylation is 1. The Kier molecular flexibility index (Phi) is 4.11. The Bertz CT molecular complexity index is 543. The second-order valence-electron chi connectivity index (χ2n) is 4.07. The first kappa shape index (κ1) is 13.2. The van der Waals surface area contributed by atoms with Crippen molar-refractivity contribution in [3.63, 3.8) is 0 Å². The molecule has 0 bridgehead atoms. The van der Waals surface area contributed by atoms with Crippen molar-refractivity contribution in [1.82, 2.24) is 9.88 Å². The van der Waals surface area contributed by atoms with E-state index >= 15 is 0 Å². The van der Waals surface area contributed by atoms with Crippen molar-refractivity contribution in [3.8, 4) is 6.07 Å². The number of nitriles is 1. The summed E-state index contributed by atoms with van der Waals surface area (Å²) in [6, 6.07) is 2.03. The Morgan fingerprint density at radius 1 is 1.78 bits per heavy atom. The molecule has 0 radical (unpaired) electrons. The highest BCUT2D eigenvalue weighted by Crippen LogP contribution is 2.17. The summed E-state index contributed by atoms with van der Waals surface area (Å²) in [5, 5.41) is 8.80. The van der Waals surface area contributed by atoms with Crippen LogP contribution >= 0.6 is 23.6 Å². The first-order chi connectivity index (χ1) is 8.60. The van der Waals surface area contributed by atoms with Gasteiger partial charge in [0.1, 0.15) is 0 Å². The molecule has 1 aliphatic rings. The molecule has 2 heterocycles. The van der Waals surface area contributed by atoms with Crippen molar-refractivity contribution < 1.29 is 9.53 Å². The number of hydrogen-bond donors (Lipinski definition) is 1. The van der Waals surface area contributed by atoms with Crippen LogP contribution in [0, 0.1) is 22.2 Å². The highest BCUT2D eigenvalue weighted by atomic mass is 32.1. The van der Waals surface area contributed by atoms with Crippen LogP contribution in [0.1, 0.15) is 10.6 Å². The molecule has 1 saturated heterocycles. The number of aromatic nitrogens is 1. The number of carbonyl (C=O) groups excluding carboxylic acids is 1. The van der Waals surface area contributed by atoms with Crippen LogP contribution in [0.25, 0.3) is 0 Å². The lowest BCUT2D eigenvalue weighted by Crippen LogP contribution is -2.45. The summed E-state index contributed by atoms with van der Waals surface area (Å²) in [6.45, 7) is 3.23. The second-order valence-corrected chi connectivity index (χ2v) is 5.84. The molecule has 1 aromatic rings. The van der Waals surface area contributed by atoms with Crippen LogP contribution < -0.4 is 0 Å². The van der Waals surface area contributed by atoms with Crippen molar-refractivity contribution in [2.24, 2.45) is 0 Å². The summed E-state index contributed by atoms with van der Waals surface area (Å²) in [6.07, 6.45) is -0.171. The quantitative estimate of drug-likeness (QED) is 0.833. The largest absolute Gasteiger partial charge is 0.360 e.